The van der Waals surface area contributed by atoms with Crippen LogP contribution in [0.1, 0.15) is 24.8 Å². The Morgan fingerprint density at radius 2 is 2.15 bits per heavy atom. The van der Waals surface area contributed by atoms with E-state index >= 15 is 0 Å². The average Bonchev–Trinajstić information content (AvgIpc) is 3.41. The topological polar surface area (TPSA) is 68.2 Å². The molecule has 1 saturated heterocycles. The van der Waals surface area contributed by atoms with Crippen LogP contribution in [0.3, 0.4) is 0 Å². The molecule has 1 aliphatic carbocycles. The Kier molecular flexibility index (Phi) is 7.71. The summed E-state index contributed by atoms with van der Waals surface area (Å²) in [4.78, 5) is 11.0. The average molecular weight is 377 g/mol. The van der Waals surface area contributed by atoms with Crippen molar-refractivity contribution in [3.63, 3.8) is 0 Å². The van der Waals surface area contributed by atoms with Gasteiger partial charge >= 0.3 is 0 Å². The molecule has 27 heavy (non-hydrogen) atoms. The molecule has 0 amide bonds. The number of nitrogens with zero attached hydrogens (tertiary/aromatic N) is 3. The molecule has 1 atom stereocenters. The molecular weight excluding hydrogens is 344 g/mol. The van der Waals surface area contributed by atoms with E-state index in [1.165, 1.54) is 12.8 Å². The number of ether oxygens (including phenoxy) is 3. The van der Waals surface area contributed by atoms with Crippen molar-refractivity contribution in [2.24, 2.45) is 16.8 Å². The molecule has 0 spiro atoms. The van der Waals surface area contributed by atoms with E-state index in [1.54, 1.807) is 7.11 Å². The quantitative estimate of drug-likeness (QED) is 0.382. The molecule has 1 unspecified atom stereocenters. The summed E-state index contributed by atoms with van der Waals surface area (Å²) in [6, 6.07) is 4.03. The number of pyridine rings is 1. The van der Waals surface area contributed by atoms with Gasteiger partial charge in [0.2, 0.25) is 5.88 Å². The van der Waals surface area contributed by atoms with Gasteiger partial charge in [0.15, 0.2) is 5.96 Å². The van der Waals surface area contributed by atoms with Crippen molar-refractivity contribution in [2.45, 2.75) is 25.8 Å². The number of methoxy groups -OCH3 is 1. The second-order valence-corrected chi connectivity index (χ2v) is 7.33. The summed E-state index contributed by atoms with van der Waals surface area (Å²) in [5.74, 6) is 2.93. The van der Waals surface area contributed by atoms with Crippen molar-refractivity contribution >= 4 is 5.96 Å². The first kappa shape index (κ1) is 19.9. The molecule has 1 aromatic heterocycles. The number of aromatic nitrogens is 1. The van der Waals surface area contributed by atoms with Gasteiger partial charge in [0.25, 0.3) is 0 Å². The van der Waals surface area contributed by atoms with E-state index in [-0.39, 0.29) is 0 Å². The third kappa shape index (κ3) is 6.66. The van der Waals surface area contributed by atoms with Gasteiger partial charge in [0.1, 0.15) is 0 Å². The lowest BCUT2D eigenvalue weighted by Gasteiger charge is -2.22. The molecule has 2 heterocycles. The highest BCUT2D eigenvalue weighted by molar-refractivity contribution is 5.80. The second-order valence-electron chi connectivity index (χ2n) is 7.33. The highest BCUT2D eigenvalue weighted by atomic mass is 16.5. The molecule has 3 rings (SSSR count). The minimum atomic E-state index is 0.545. The van der Waals surface area contributed by atoms with Crippen LogP contribution in [0.15, 0.2) is 23.3 Å². The van der Waals surface area contributed by atoms with Crippen LogP contribution < -0.4 is 10.1 Å². The van der Waals surface area contributed by atoms with Crippen LogP contribution in [-0.4, -0.2) is 69.5 Å². The smallest absolute Gasteiger partial charge is 0.213 e. The standard InChI is InChI=1S/C20H32N4O3/c1-21-20(24-8-6-18(13-24)14-26-10-9-25-2)23-12-17-5-7-22-19(11-17)27-15-16-3-4-16/h5,7,11,16,18H,3-4,6,8-10,12-15H2,1-2H3,(H,21,23). The van der Waals surface area contributed by atoms with Gasteiger partial charge < -0.3 is 24.4 Å². The van der Waals surface area contributed by atoms with E-state index in [4.69, 9.17) is 14.2 Å². The number of rotatable bonds is 10. The summed E-state index contributed by atoms with van der Waals surface area (Å²) >= 11 is 0. The molecule has 1 N–H and O–H groups in total. The minimum Gasteiger partial charge on any atom is -0.477 e. The molecule has 1 saturated carbocycles. The summed E-state index contributed by atoms with van der Waals surface area (Å²) in [6.45, 7) is 5.56. The molecule has 1 aliphatic heterocycles. The lowest BCUT2D eigenvalue weighted by molar-refractivity contribution is 0.0536. The van der Waals surface area contributed by atoms with Crippen molar-refractivity contribution in [1.29, 1.82) is 0 Å². The summed E-state index contributed by atoms with van der Waals surface area (Å²) in [6.07, 6.45) is 5.50. The maximum absolute atomic E-state index is 5.77. The van der Waals surface area contributed by atoms with E-state index < -0.39 is 0 Å². The maximum atomic E-state index is 5.77. The third-order valence-electron chi connectivity index (χ3n) is 5.00. The monoisotopic (exact) mass is 376 g/mol. The summed E-state index contributed by atoms with van der Waals surface area (Å²) < 4.78 is 16.5. The molecule has 0 radical (unpaired) electrons. The number of guanidine groups is 1. The molecule has 2 fully saturated rings. The minimum absolute atomic E-state index is 0.545. The van der Waals surface area contributed by atoms with Crippen LogP contribution in [0.5, 0.6) is 5.88 Å². The molecular formula is C20H32N4O3. The largest absolute Gasteiger partial charge is 0.477 e. The van der Waals surface area contributed by atoms with Crippen molar-refractivity contribution in [1.82, 2.24) is 15.2 Å². The first-order chi connectivity index (χ1) is 13.3. The third-order valence-corrected chi connectivity index (χ3v) is 5.00. The Labute approximate surface area is 162 Å². The van der Waals surface area contributed by atoms with Crippen molar-refractivity contribution in [3.8, 4) is 5.88 Å². The first-order valence-corrected chi connectivity index (χ1v) is 9.88. The summed E-state index contributed by atoms with van der Waals surface area (Å²) in [7, 11) is 3.53. The number of likely N-dealkylation sites (tertiary alicyclic amines) is 1. The molecule has 0 bridgehead atoms. The first-order valence-electron chi connectivity index (χ1n) is 9.88. The van der Waals surface area contributed by atoms with Gasteiger partial charge in [0, 0.05) is 52.0 Å². The highest BCUT2D eigenvalue weighted by Crippen LogP contribution is 2.29. The van der Waals surface area contributed by atoms with Gasteiger partial charge in [-0.15, -0.1) is 0 Å². The van der Waals surface area contributed by atoms with E-state index in [2.05, 4.69) is 20.2 Å². The Balaban J connectivity index is 1.41. The zero-order valence-corrected chi connectivity index (χ0v) is 16.5. The SMILES string of the molecule is CN=C(NCc1ccnc(OCC2CC2)c1)N1CCC(COCCOC)C1. The van der Waals surface area contributed by atoms with Crippen LogP contribution >= 0.6 is 0 Å². The fourth-order valence-electron chi connectivity index (χ4n) is 3.19. The molecule has 150 valence electrons. The molecule has 1 aromatic rings. The Morgan fingerprint density at radius 1 is 1.26 bits per heavy atom. The van der Waals surface area contributed by atoms with E-state index in [0.29, 0.717) is 31.6 Å². The van der Waals surface area contributed by atoms with E-state index in [0.717, 1.165) is 50.2 Å². The predicted octanol–water partition coefficient (Wildman–Crippen LogP) is 1.93. The lowest BCUT2D eigenvalue weighted by atomic mass is 10.1. The number of hydrogen-bond acceptors (Lipinski definition) is 5. The molecule has 2 aliphatic rings. The molecule has 7 heteroatoms. The molecule has 0 aromatic carbocycles. The zero-order chi connectivity index (χ0) is 18.9. The summed E-state index contributed by atoms with van der Waals surface area (Å²) in [5, 5.41) is 3.46. The fraction of sp³-hybridized carbons (Fsp3) is 0.700. The van der Waals surface area contributed by atoms with Gasteiger partial charge in [-0.1, -0.05) is 0 Å². The van der Waals surface area contributed by atoms with Crippen LogP contribution in [0.2, 0.25) is 0 Å². The Bertz CT molecular complexity index is 607. The van der Waals surface area contributed by atoms with Gasteiger partial charge in [-0.05, 0) is 36.8 Å². The number of aliphatic imine (C=N–C) groups is 1. The normalized spacial score (nSPS) is 20.1. The Hall–Kier alpha value is -1.86. The van der Waals surface area contributed by atoms with Crippen LogP contribution in [0.25, 0.3) is 0 Å². The highest BCUT2D eigenvalue weighted by Gasteiger charge is 2.25. The van der Waals surface area contributed by atoms with E-state index in [9.17, 15) is 0 Å². The molecule has 7 nitrogen and oxygen atoms in total. The van der Waals surface area contributed by atoms with Crippen molar-refractivity contribution in [3.05, 3.63) is 23.9 Å². The number of nitrogens with one attached hydrogen (secondary N) is 1. The van der Waals surface area contributed by atoms with E-state index in [1.807, 2.05) is 25.4 Å². The fourth-order valence-corrected chi connectivity index (χ4v) is 3.19. The maximum Gasteiger partial charge on any atom is 0.213 e. The zero-order valence-electron chi connectivity index (χ0n) is 16.5. The van der Waals surface area contributed by atoms with Gasteiger partial charge in [-0.2, -0.15) is 0 Å². The van der Waals surface area contributed by atoms with Crippen LogP contribution in [0, 0.1) is 11.8 Å². The van der Waals surface area contributed by atoms with Gasteiger partial charge in [-0.25, -0.2) is 4.98 Å². The van der Waals surface area contributed by atoms with Gasteiger partial charge in [-0.3, -0.25) is 4.99 Å². The lowest BCUT2D eigenvalue weighted by Crippen LogP contribution is -2.39. The number of hydrogen-bond donors (Lipinski definition) is 1. The second kappa shape index (κ2) is 10.5. The summed E-state index contributed by atoms with van der Waals surface area (Å²) in [5.41, 5.74) is 1.15. The van der Waals surface area contributed by atoms with Crippen molar-refractivity contribution < 1.29 is 14.2 Å². The van der Waals surface area contributed by atoms with Crippen molar-refractivity contribution in [2.75, 3.05) is 53.7 Å². The Morgan fingerprint density at radius 3 is 2.93 bits per heavy atom. The predicted molar refractivity (Wildman–Crippen MR) is 105 cm³/mol. The van der Waals surface area contributed by atoms with Crippen LogP contribution in [-0.2, 0) is 16.0 Å². The van der Waals surface area contributed by atoms with Gasteiger partial charge in [0.05, 0.1) is 26.4 Å². The van der Waals surface area contributed by atoms with Crippen LogP contribution in [0.4, 0.5) is 0 Å².